The number of aliphatic hydroxyl groups is 1. The molecule has 0 aliphatic carbocycles. The van der Waals surface area contributed by atoms with Gasteiger partial charge >= 0.3 is 5.97 Å². The lowest BCUT2D eigenvalue weighted by molar-refractivity contribution is -0.133. The lowest BCUT2D eigenvalue weighted by Crippen LogP contribution is -2.25. The smallest absolute Gasteiger partial charge is 0.331 e. The summed E-state index contributed by atoms with van der Waals surface area (Å²) in [5.41, 5.74) is -0.0366. The van der Waals surface area contributed by atoms with Crippen molar-refractivity contribution in [2.24, 2.45) is 0 Å². The second kappa shape index (κ2) is 5.31. The van der Waals surface area contributed by atoms with Crippen LogP contribution in [-0.2, 0) is 9.59 Å². The molecule has 0 unspecified atom stereocenters. The van der Waals surface area contributed by atoms with E-state index in [2.05, 4.69) is 5.32 Å². The molecule has 0 aromatic heterocycles. The maximum atomic E-state index is 10.8. The van der Waals surface area contributed by atoms with Crippen molar-refractivity contribution in [1.29, 1.82) is 0 Å². The fourth-order valence-electron chi connectivity index (χ4n) is 0.489. The molecule has 68 valence electrons. The summed E-state index contributed by atoms with van der Waals surface area (Å²) in [6, 6.07) is 0. The molecule has 0 aliphatic heterocycles. The van der Waals surface area contributed by atoms with E-state index in [1.54, 1.807) is 0 Å². The van der Waals surface area contributed by atoms with Gasteiger partial charge in [0.2, 0.25) is 5.91 Å². The first-order valence-corrected chi connectivity index (χ1v) is 3.38. The Morgan fingerprint density at radius 3 is 2.50 bits per heavy atom. The third-order valence-corrected chi connectivity index (χ3v) is 1.10. The normalized spacial score (nSPS) is 11.0. The first kappa shape index (κ1) is 10.6. The van der Waals surface area contributed by atoms with E-state index in [1.165, 1.54) is 6.92 Å². The van der Waals surface area contributed by atoms with Crippen LogP contribution in [0.1, 0.15) is 6.92 Å². The minimum Gasteiger partial charge on any atom is -0.478 e. The van der Waals surface area contributed by atoms with Crippen molar-refractivity contribution in [3.05, 3.63) is 11.6 Å². The molecule has 3 N–H and O–H groups in total. The number of aliphatic hydroxyl groups excluding tert-OH is 1. The van der Waals surface area contributed by atoms with Crippen molar-refractivity contribution in [2.45, 2.75) is 6.92 Å². The molecule has 0 fully saturated rings. The molecule has 0 aromatic carbocycles. The van der Waals surface area contributed by atoms with E-state index < -0.39 is 11.9 Å². The van der Waals surface area contributed by atoms with E-state index in [9.17, 15) is 9.59 Å². The van der Waals surface area contributed by atoms with Gasteiger partial charge in [-0.2, -0.15) is 0 Å². The molecule has 0 bridgehead atoms. The quantitative estimate of drug-likeness (QED) is 0.482. The zero-order valence-electron chi connectivity index (χ0n) is 6.70. The first-order chi connectivity index (χ1) is 5.57. The molecule has 1 amide bonds. The van der Waals surface area contributed by atoms with Crippen LogP contribution in [0.3, 0.4) is 0 Å². The predicted octanol–water partition coefficient (Wildman–Crippen LogP) is -0.874. The number of nitrogens with one attached hydrogen (secondary N) is 1. The molecule has 5 heteroatoms. The summed E-state index contributed by atoms with van der Waals surface area (Å²) in [6.45, 7) is 1.29. The number of amides is 1. The number of rotatable bonds is 4. The largest absolute Gasteiger partial charge is 0.478 e. The molecule has 0 radical (unpaired) electrons. The fourth-order valence-corrected chi connectivity index (χ4v) is 0.489. The Morgan fingerprint density at radius 2 is 2.08 bits per heavy atom. The van der Waals surface area contributed by atoms with E-state index in [1.807, 2.05) is 0 Å². The number of carbonyl (C=O) groups is 2. The molecular formula is C7H11NO4. The number of carbonyl (C=O) groups excluding carboxylic acids is 1. The SMILES string of the molecule is C/C(=C/C(=O)NCCO)C(=O)O. The van der Waals surface area contributed by atoms with Crippen LogP contribution in [-0.4, -0.2) is 35.2 Å². The zero-order chi connectivity index (χ0) is 9.56. The van der Waals surface area contributed by atoms with E-state index in [4.69, 9.17) is 10.2 Å². The topological polar surface area (TPSA) is 86.6 Å². The summed E-state index contributed by atoms with van der Waals surface area (Å²) >= 11 is 0. The van der Waals surface area contributed by atoms with Crippen molar-refractivity contribution in [3.63, 3.8) is 0 Å². The lowest BCUT2D eigenvalue weighted by atomic mass is 10.3. The van der Waals surface area contributed by atoms with Crippen LogP contribution < -0.4 is 5.32 Å². The zero-order valence-corrected chi connectivity index (χ0v) is 6.70. The van der Waals surface area contributed by atoms with E-state index in [0.717, 1.165) is 6.08 Å². The van der Waals surface area contributed by atoms with Crippen LogP contribution in [0, 0.1) is 0 Å². The predicted molar refractivity (Wildman–Crippen MR) is 41.5 cm³/mol. The van der Waals surface area contributed by atoms with Gasteiger partial charge in [-0.3, -0.25) is 4.79 Å². The second-order valence-electron chi connectivity index (χ2n) is 2.15. The van der Waals surface area contributed by atoms with Gasteiger partial charge in [0.1, 0.15) is 0 Å². The van der Waals surface area contributed by atoms with Crippen molar-refractivity contribution >= 4 is 11.9 Å². The molecule has 0 rings (SSSR count). The van der Waals surface area contributed by atoms with Gasteiger partial charge in [-0.15, -0.1) is 0 Å². The van der Waals surface area contributed by atoms with Crippen LogP contribution in [0.4, 0.5) is 0 Å². The molecule has 0 heterocycles. The summed E-state index contributed by atoms with van der Waals surface area (Å²) in [6.07, 6.45) is 0.970. The van der Waals surface area contributed by atoms with Crippen molar-refractivity contribution in [1.82, 2.24) is 5.32 Å². The molecule has 0 spiro atoms. The number of hydrogen-bond acceptors (Lipinski definition) is 3. The van der Waals surface area contributed by atoms with Crippen molar-refractivity contribution < 1.29 is 19.8 Å². The highest BCUT2D eigenvalue weighted by atomic mass is 16.4. The molecule has 5 nitrogen and oxygen atoms in total. The minimum atomic E-state index is -1.13. The van der Waals surface area contributed by atoms with Gasteiger partial charge in [-0.1, -0.05) is 0 Å². The van der Waals surface area contributed by atoms with E-state index in [0.29, 0.717) is 0 Å². The van der Waals surface area contributed by atoms with Crippen LogP contribution in [0.15, 0.2) is 11.6 Å². The van der Waals surface area contributed by atoms with Crippen LogP contribution in [0.5, 0.6) is 0 Å². The van der Waals surface area contributed by atoms with Gasteiger partial charge in [0, 0.05) is 18.2 Å². The molecule has 0 atom stereocenters. The average Bonchev–Trinajstić information content (AvgIpc) is 2.00. The Labute approximate surface area is 69.7 Å². The molecule has 0 saturated carbocycles. The van der Waals surface area contributed by atoms with Gasteiger partial charge in [-0.05, 0) is 6.92 Å². The lowest BCUT2D eigenvalue weighted by Gasteiger charge is -1.97. The Morgan fingerprint density at radius 1 is 1.50 bits per heavy atom. The standard InChI is InChI=1S/C7H11NO4/c1-5(7(11)12)4-6(10)8-2-3-9/h4,9H,2-3H2,1H3,(H,8,10)(H,11,12)/b5-4-. The highest BCUT2D eigenvalue weighted by Gasteiger charge is 2.02. The van der Waals surface area contributed by atoms with Gasteiger partial charge in [0.05, 0.1) is 6.61 Å². The summed E-state index contributed by atoms with van der Waals surface area (Å²) in [7, 11) is 0. The number of carboxylic acids is 1. The van der Waals surface area contributed by atoms with Gasteiger partial charge in [-0.25, -0.2) is 4.79 Å². The number of aliphatic carboxylic acids is 1. The molecular weight excluding hydrogens is 162 g/mol. The maximum Gasteiger partial charge on any atom is 0.331 e. The average molecular weight is 173 g/mol. The minimum absolute atomic E-state index is 0.0366. The molecule has 0 aromatic rings. The molecule has 12 heavy (non-hydrogen) atoms. The maximum absolute atomic E-state index is 10.8. The highest BCUT2D eigenvalue weighted by molar-refractivity contribution is 5.97. The monoisotopic (exact) mass is 173 g/mol. The van der Waals surface area contributed by atoms with E-state index in [-0.39, 0.29) is 18.7 Å². The Balaban J connectivity index is 3.97. The summed E-state index contributed by atoms with van der Waals surface area (Å²) in [5, 5.41) is 19.0. The number of carboxylic acid groups (broad SMARTS) is 1. The van der Waals surface area contributed by atoms with Gasteiger partial charge in [0.15, 0.2) is 0 Å². The Hall–Kier alpha value is -1.36. The third kappa shape index (κ3) is 4.45. The van der Waals surface area contributed by atoms with Gasteiger partial charge in [0.25, 0.3) is 0 Å². The Kier molecular flexibility index (Phi) is 4.71. The summed E-state index contributed by atoms with van der Waals surface area (Å²) in [4.78, 5) is 21.0. The summed E-state index contributed by atoms with van der Waals surface area (Å²) < 4.78 is 0. The van der Waals surface area contributed by atoms with Crippen LogP contribution in [0.25, 0.3) is 0 Å². The first-order valence-electron chi connectivity index (χ1n) is 3.38. The van der Waals surface area contributed by atoms with E-state index >= 15 is 0 Å². The van der Waals surface area contributed by atoms with Crippen LogP contribution >= 0.6 is 0 Å². The third-order valence-electron chi connectivity index (χ3n) is 1.10. The number of hydrogen-bond donors (Lipinski definition) is 3. The van der Waals surface area contributed by atoms with Crippen molar-refractivity contribution in [3.8, 4) is 0 Å². The van der Waals surface area contributed by atoms with Crippen LogP contribution in [0.2, 0.25) is 0 Å². The second-order valence-corrected chi connectivity index (χ2v) is 2.15. The molecule has 0 aliphatic rings. The van der Waals surface area contributed by atoms with Crippen molar-refractivity contribution in [2.75, 3.05) is 13.2 Å². The Bertz CT molecular complexity index is 209. The summed E-state index contributed by atoms with van der Waals surface area (Å²) in [5.74, 6) is -1.64. The fraction of sp³-hybridized carbons (Fsp3) is 0.429. The van der Waals surface area contributed by atoms with Gasteiger partial charge < -0.3 is 15.5 Å². The molecule has 0 saturated heterocycles. The highest BCUT2D eigenvalue weighted by Crippen LogP contribution is 1.90.